The summed E-state index contributed by atoms with van der Waals surface area (Å²) in [6, 6.07) is 2.33. The Morgan fingerprint density at radius 1 is 1.38 bits per heavy atom. The molecule has 136 valence electrons. The van der Waals surface area contributed by atoms with E-state index in [9.17, 15) is 26.4 Å². The highest BCUT2D eigenvalue weighted by atomic mass is 35.5. The van der Waals surface area contributed by atoms with Crippen LogP contribution in [0, 0.1) is 0 Å². The lowest BCUT2D eigenvalue weighted by molar-refractivity contribution is -0.139. The summed E-state index contributed by atoms with van der Waals surface area (Å²) in [6.45, 7) is -0.262. The molecular formula is C13H16ClF3N2O4S. The van der Waals surface area contributed by atoms with E-state index >= 15 is 0 Å². The van der Waals surface area contributed by atoms with Crippen molar-refractivity contribution in [2.45, 2.75) is 11.1 Å². The van der Waals surface area contributed by atoms with Crippen LogP contribution in [-0.2, 0) is 25.7 Å². The van der Waals surface area contributed by atoms with Gasteiger partial charge < -0.3 is 10.1 Å². The van der Waals surface area contributed by atoms with Crippen LogP contribution in [0.15, 0.2) is 23.1 Å². The molecule has 1 aromatic carbocycles. The molecule has 0 heterocycles. The molecule has 0 atom stereocenters. The average Bonchev–Trinajstić information content (AvgIpc) is 2.46. The van der Waals surface area contributed by atoms with Gasteiger partial charge in [-0.25, -0.2) is 8.42 Å². The highest BCUT2D eigenvalue weighted by Crippen LogP contribution is 2.36. The summed E-state index contributed by atoms with van der Waals surface area (Å²) in [5.41, 5.74) is -1.39. The molecule has 0 bridgehead atoms. The number of methoxy groups -OCH3 is 1. The molecule has 0 unspecified atom stereocenters. The first kappa shape index (κ1) is 20.7. The minimum Gasteiger partial charge on any atom is -0.383 e. The number of ether oxygens (including phenoxy) is 1. The topological polar surface area (TPSA) is 75.7 Å². The van der Waals surface area contributed by atoms with Gasteiger partial charge in [-0.1, -0.05) is 11.6 Å². The first-order valence-electron chi connectivity index (χ1n) is 6.59. The lowest BCUT2D eigenvalue weighted by atomic mass is 10.2. The third kappa shape index (κ3) is 5.33. The van der Waals surface area contributed by atoms with Crippen molar-refractivity contribution in [2.24, 2.45) is 0 Å². The molecule has 1 rings (SSSR count). The molecule has 0 aliphatic heterocycles. The minimum atomic E-state index is -4.91. The summed E-state index contributed by atoms with van der Waals surface area (Å²) >= 11 is 5.52. The van der Waals surface area contributed by atoms with E-state index in [0.29, 0.717) is 10.4 Å². The maximum Gasteiger partial charge on any atom is 0.417 e. The van der Waals surface area contributed by atoms with E-state index < -0.39 is 39.1 Å². The monoisotopic (exact) mass is 388 g/mol. The van der Waals surface area contributed by atoms with Crippen molar-refractivity contribution in [2.75, 3.05) is 33.9 Å². The summed E-state index contributed by atoms with van der Waals surface area (Å²) in [4.78, 5) is 10.7. The largest absolute Gasteiger partial charge is 0.417 e. The number of sulfonamides is 1. The summed E-state index contributed by atoms with van der Waals surface area (Å²) in [7, 11) is -2.10. The van der Waals surface area contributed by atoms with E-state index in [4.69, 9.17) is 16.3 Å². The Kier molecular flexibility index (Phi) is 7.02. The van der Waals surface area contributed by atoms with Crippen LogP contribution in [0.1, 0.15) is 5.56 Å². The molecule has 0 saturated heterocycles. The third-order valence-electron chi connectivity index (χ3n) is 2.93. The zero-order chi connectivity index (χ0) is 18.5. The van der Waals surface area contributed by atoms with Crippen molar-refractivity contribution in [1.29, 1.82) is 0 Å². The number of amides is 1. The smallest absolute Gasteiger partial charge is 0.383 e. The number of rotatable bonds is 7. The van der Waals surface area contributed by atoms with Gasteiger partial charge in [-0.2, -0.15) is 17.5 Å². The van der Waals surface area contributed by atoms with E-state index in [2.05, 4.69) is 5.32 Å². The van der Waals surface area contributed by atoms with Crippen molar-refractivity contribution < 1.29 is 31.1 Å². The summed E-state index contributed by atoms with van der Waals surface area (Å²) < 4.78 is 69.1. The molecule has 11 heteroatoms. The second kappa shape index (κ2) is 8.15. The van der Waals surface area contributed by atoms with Gasteiger partial charge in [-0.3, -0.25) is 4.79 Å². The highest BCUT2D eigenvalue weighted by molar-refractivity contribution is 7.89. The predicted molar refractivity (Wildman–Crippen MR) is 81.2 cm³/mol. The summed E-state index contributed by atoms with van der Waals surface area (Å²) in [5, 5.41) is 2.13. The van der Waals surface area contributed by atoms with Crippen LogP contribution in [0.25, 0.3) is 0 Å². The maximum absolute atomic E-state index is 13.1. The maximum atomic E-state index is 13.1. The quantitative estimate of drug-likeness (QED) is 0.722. The number of carbonyl (C=O) groups excluding carboxylic acids is 1. The van der Waals surface area contributed by atoms with Crippen LogP contribution in [-0.4, -0.2) is 52.5 Å². The second-order valence-corrected chi connectivity index (χ2v) is 7.19. The predicted octanol–water partition coefficient (Wildman–Crippen LogP) is 1.74. The number of hydrogen-bond donors (Lipinski definition) is 1. The molecule has 0 saturated carbocycles. The van der Waals surface area contributed by atoms with Crippen LogP contribution in [0.4, 0.5) is 13.2 Å². The molecule has 0 radical (unpaired) electrons. The Morgan fingerprint density at radius 2 is 2.00 bits per heavy atom. The van der Waals surface area contributed by atoms with E-state index in [1.54, 1.807) is 0 Å². The first-order valence-corrected chi connectivity index (χ1v) is 8.40. The first-order chi connectivity index (χ1) is 11.0. The summed E-state index contributed by atoms with van der Waals surface area (Å²) in [6.07, 6.45) is -4.91. The van der Waals surface area contributed by atoms with Crippen LogP contribution >= 0.6 is 11.6 Å². The summed E-state index contributed by atoms with van der Waals surface area (Å²) in [5.74, 6) is -0.666. The van der Waals surface area contributed by atoms with Gasteiger partial charge in [0.2, 0.25) is 15.9 Å². The minimum absolute atomic E-state index is 0.151. The zero-order valence-corrected chi connectivity index (χ0v) is 14.4. The zero-order valence-electron chi connectivity index (χ0n) is 12.9. The molecule has 6 nitrogen and oxygen atoms in total. The standard InChI is InChI=1S/C13H16ClF3N2O4S/c1-19(8-12(20)18-5-6-23-2)24(21,22)11-4-3-9(14)7-10(11)13(15,16)17/h3-4,7H,5-6,8H2,1-2H3,(H,18,20). The van der Waals surface area contributed by atoms with Crippen molar-refractivity contribution in [3.63, 3.8) is 0 Å². The van der Waals surface area contributed by atoms with E-state index in [1.807, 2.05) is 0 Å². The third-order valence-corrected chi connectivity index (χ3v) is 5.03. The lowest BCUT2D eigenvalue weighted by Gasteiger charge is -2.20. The van der Waals surface area contributed by atoms with Gasteiger partial charge in [0.05, 0.1) is 23.6 Å². The van der Waals surface area contributed by atoms with Gasteiger partial charge in [-0.15, -0.1) is 0 Å². The van der Waals surface area contributed by atoms with Gasteiger partial charge in [0.1, 0.15) is 0 Å². The van der Waals surface area contributed by atoms with Crippen molar-refractivity contribution in [1.82, 2.24) is 9.62 Å². The Labute approximate surface area is 142 Å². The number of benzene rings is 1. The highest BCUT2D eigenvalue weighted by Gasteiger charge is 2.38. The van der Waals surface area contributed by atoms with Gasteiger partial charge in [0, 0.05) is 25.7 Å². The van der Waals surface area contributed by atoms with Crippen molar-refractivity contribution in [3.8, 4) is 0 Å². The SMILES string of the molecule is COCCNC(=O)CN(C)S(=O)(=O)c1ccc(Cl)cc1C(F)(F)F. The fourth-order valence-electron chi connectivity index (χ4n) is 1.75. The molecule has 0 aromatic heterocycles. The molecular weight excluding hydrogens is 373 g/mol. The fraction of sp³-hybridized carbons (Fsp3) is 0.462. The molecule has 1 amide bonds. The van der Waals surface area contributed by atoms with E-state index in [1.165, 1.54) is 7.11 Å². The van der Waals surface area contributed by atoms with Crippen LogP contribution < -0.4 is 5.32 Å². The van der Waals surface area contributed by atoms with Gasteiger partial charge >= 0.3 is 6.18 Å². The van der Waals surface area contributed by atoms with Crippen LogP contribution in [0.5, 0.6) is 0 Å². The molecule has 0 aliphatic rings. The number of nitrogens with one attached hydrogen (secondary N) is 1. The number of hydrogen-bond acceptors (Lipinski definition) is 4. The number of alkyl halides is 3. The van der Waals surface area contributed by atoms with Crippen molar-refractivity contribution in [3.05, 3.63) is 28.8 Å². The lowest BCUT2D eigenvalue weighted by Crippen LogP contribution is -2.39. The number of likely N-dealkylation sites (N-methyl/N-ethyl adjacent to an activating group) is 1. The molecule has 24 heavy (non-hydrogen) atoms. The van der Waals surface area contributed by atoms with Crippen LogP contribution in [0.3, 0.4) is 0 Å². The van der Waals surface area contributed by atoms with Gasteiger partial charge in [0.25, 0.3) is 0 Å². The Morgan fingerprint density at radius 3 is 2.54 bits per heavy atom. The molecule has 0 aliphatic carbocycles. The van der Waals surface area contributed by atoms with Crippen molar-refractivity contribution >= 4 is 27.5 Å². The second-order valence-electron chi connectivity index (χ2n) is 4.74. The van der Waals surface area contributed by atoms with E-state index in [-0.39, 0.29) is 18.2 Å². The Bertz CT molecular complexity index is 695. The molecule has 1 N–H and O–H groups in total. The van der Waals surface area contributed by atoms with Gasteiger partial charge in [-0.05, 0) is 18.2 Å². The number of halogens is 4. The number of carbonyl (C=O) groups is 1. The normalized spacial score (nSPS) is 12.5. The molecule has 0 fully saturated rings. The van der Waals surface area contributed by atoms with Crippen LogP contribution in [0.2, 0.25) is 5.02 Å². The van der Waals surface area contributed by atoms with E-state index in [0.717, 1.165) is 19.2 Å². The fourth-order valence-corrected chi connectivity index (χ4v) is 3.24. The van der Waals surface area contributed by atoms with Gasteiger partial charge in [0.15, 0.2) is 0 Å². The number of nitrogens with zero attached hydrogens (tertiary/aromatic N) is 1. The average molecular weight is 389 g/mol. The Balaban J connectivity index is 3.06. The Hall–Kier alpha value is -1.36. The molecule has 1 aromatic rings. The molecule has 0 spiro atoms.